The van der Waals surface area contributed by atoms with E-state index in [0.29, 0.717) is 6.54 Å². The molecule has 0 spiro atoms. The van der Waals surface area contributed by atoms with Crippen molar-refractivity contribution < 1.29 is 14.2 Å². The number of nitro benzene ring substituents is 1. The normalized spacial score (nSPS) is 21.0. The molecule has 1 saturated heterocycles. The monoisotopic (exact) mass is 393 g/mol. The van der Waals surface area contributed by atoms with E-state index in [4.69, 9.17) is 9.31 Å². The summed E-state index contributed by atoms with van der Waals surface area (Å²) in [5, 5.41) is 11.1. The van der Waals surface area contributed by atoms with Gasteiger partial charge < -0.3 is 19.1 Å². The zero-order valence-corrected chi connectivity index (χ0v) is 17.1. The van der Waals surface area contributed by atoms with Gasteiger partial charge in [0.25, 0.3) is 5.69 Å². The van der Waals surface area contributed by atoms with Crippen molar-refractivity contribution in [2.24, 2.45) is 0 Å². The molecule has 3 aliphatic rings. The van der Waals surface area contributed by atoms with Gasteiger partial charge in [0.1, 0.15) is 0 Å². The van der Waals surface area contributed by atoms with E-state index in [2.05, 4.69) is 55.7 Å². The Labute approximate surface area is 170 Å². The smallest absolute Gasteiger partial charge is 0.399 e. The molecule has 0 aromatic heterocycles. The Morgan fingerprint density at radius 2 is 1.48 bits per heavy atom. The average molecular weight is 393 g/mol. The van der Waals surface area contributed by atoms with Gasteiger partial charge in [-0.15, -0.1) is 0 Å². The van der Waals surface area contributed by atoms with Crippen molar-refractivity contribution in [3.8, 4) is 0 Å². The molecule has 2 aromatic rings. The van der Waals surface area contributed by atoms with Crippen LogP contribution in [0.3, 0.4) is 0 Å². The van der Waals surface area contributed by atoms with Gasteiger partial charge in [-0.2, -0.15) is 0 Å². The van der Waals surface area contributed by atoms with Gasteiger partial charge in [-0.3, -0.25) is 10.1 Å². The van der Waals surface area contributed by atoms with Crippen molar-refractivity contribution in [3.63, 3.8) is 0 Å². The summed E-state index contributed by atoms with van der Waals surface area (Å²) in [6, 6.07) is 11.5. The van der Waals surface area contributed by atoms with E-state index in [1.165, 1.54) is 11.3 Å². The second-order valence-electron chi connectivity index (χ2n) is 9.08. The van der Waals surface area contributed by atoms with E-state index in [9.17, 15) is 10.1 Å². The Balaban J connectivity index is 1.46. The summed E-state index contributed by atoms with van der Waals surface area (Å²) in [4.78, 5) is 15.3. The van der Waals surface area contributed by atoms with Crippen LogP contribution >= 0.6 is 0 Å². The molecule has 0 aliphatic carbocycles. The molecule has 0 amide bonds. The van der Waals surface area contributed by atoms with E-state index in [1.54, 1.807) is 12.1 Å². The van der Waals surface area contributed by atoms with Crippen molar-refractivity contribution in [2.45, 2.75) is 52.0 Å². The summed E-state index contributed by atoms with van der Waals surface area (Å²) < 4.78 is 12.4. The SMILES string of the molecule is CC1(C)OB(c2ccc3c(c2)CN2CN3Cc3cc([N+](=O)[O-])ccc32)OC1(C)C. The van der Waals surface area contributed by atoms with Crippen molar-refractivity contribution >= 4 is 29.6 Å². The van der Waals surface area contributed by atoms with Crippen LogP contribution in [0.25, 0.3) is 0 Å². The molecule has 8 heteroatoms. The Morgan fingerprint density at radius 3 is 2.07 bits per heavy atom. The standard InChI is InChI=1S/C21H24BN3O4/c1-20(2)21(3,4)29-22(28-20)16-5-7-18-14(9-16)11-23-13-24(18)12-15-10-17(25(26)27)6-8-19(15)23/h5-10H,11-13H2,1-4H3. The number of hydrogen-bond donors (Lipinski definition) is 0. The van der Waals surface area contributed by atoms with Crippen molar-refractivity contribution in [1.29, 1.82) is 0 Å². The summed E-state index contributed by atoms with van der Waals surface area (Å²) in [6.45, 7) is 10.4. The number of nitrogens with zero attached hydrogens (tertiary/aromatic N) is 3. The van der Waals surface area contributed by atoms with Crippen molar-refractivity contribution in [3.05, 3.63) is 57.6 Å². The van der Waals surface area contributed by atoms with Crippen molar-refractivity contribution in [1.82, 2.24) is 0 Å². The lowest BCUT2D eigenvalue weighted by atomic mass is 9.78. The molecule has 0 unspecified atom stereocenters. The van der Waals surface area contributed by atoms with E-state index in [-0.39, 0.29) is 28.9 Å². The molecule has 0 radical (unpaired) electrons. The molecule has 29 heavy (non-hydrogen) atoms. The highest BCUT2D eigenvalue weighted by Crippen LogP contribution is 2.40. The van der Waals surface area contributed by atoms with Gasteiger partial charge in [-0.25, -0.2) is 0 Å². The van der Waals surface area contributed by atoms with Crippen LogP contribution in [-0.4, -0.2) is 29.9 Å². The minimum atomic E-state index is -0.382. The van der Waals surface area contributed by atoms with Gasteiger partial charge in [0.2, 0.25) is 0 Å². The number of benzene rings is 2. The molecule has 2 bridgehead atoms. The number of hydrogen-bond acceptors (Lipinski definition) is 6. The minimum Gasteiger partial charge on any atom is -0.399 e. The summed E-state index contributed by atoms with van der Waals surface area (Å²) in [6.07, 6.45) is 0. The highest BCUT2D eigenvalue weighted by molar-refractivity contribution is 6.62. The second-order valence-corrected chi connectivity index (χ2v) is 9.08. The first kappa shape index (κ1) is 18.5. The van der Waals surface area contributed by atoms with Crippen LogP contribution in [0, 0.1) is 10.1 Å². The van der Waals surface area contributed by atoms with E-state index >= 15 is 0 Å². The Morgan fingerprint density at radius 1 is 0.931 bits per heavy atom. The topological polar surface area (TPSA) is 68.1 Å². The first-order valence-electron chi connectivity index (χ1n) is 9.90. The lowest BCUT2D eigenvalue weighted by Gasteiger charge is -2.44. The zero-order chi connectivity index (χ0) is 20.6. The van der Waals surface area contributed by atoms with Crippen LogP contribution < -0.4 is 15.3 Å². The zero-order valence-electron chi connectivity index (χ0n) is 17.1. The van der Waals surface area contributed by atoms with Gasteiger partial charge in [0.15, 0.2) is 0 Å². The largest absolute Gasteiger partial charge is 0.494 e. The van der Waals surface area contributed by atoms with Gasteiger partial charge in [0, 0.05) is 42.2 Å². The highest BCUT2D eigenvalue weighted by atomic mass is 16.7. The number of non-ortho nitro benzene ring substituents is 1. The van der Waals surface area contributed by atoms with E-state index in [0.717, 1.165) is 29.9 Å². The van der Waals surface area contributed by atoms with Crippen LogP contribution in [0.15, 0.2) is 36.4 Å². The Kier molecular flexibility index (Phi) is 3.80. The lowest BCUT2D eigenvalue weighted by molar-refractivity contribution is -0.384. The third-order valence-electron chi connectivity index (χ3n) is 6.65. The van der Waals surface area contributed by atoms with Crippen LogP contribution in [0.1, 0.15) is 38.8 Å². The fraction of sp³-hybridized carbons (Fsp3) is 0.429. The predicted octanol–water partition coefficient (Wildman–Crippen LogP) is 3.19. The molecule has 2 aromatic carbocycles. The molecule has 3 aliphatic heterocycles. The molecule has 5 rings (SSSR count). The second kappa shape index (κ2) is 5.97. The first-order valence-corrected chi connectivity index (χ1v) is 9.90. The molecule has 0 atom stereocenters. The van der Waals surface area contributed by atoms with Gasteiger partial charge in [-0.1, -0.05) is 12.1 Å². The molecule has 0 saturated carbocycles. The Bertz CT molecular complexity index is 1010. The van der Waals surface area contributed by atoms with E-state index < -0.39 is 0 Å². The minimum absolute atomic E-state index is 0.141. The average Bonchev–Trinajstić information content (AvgIpc) is 2.88. The maximum absolute atomic E-state index is 11.1. The molecule has 7 nitrogen and oxygen atoms in total. The summed E-state index contributed by atoms with van der Waals surface area (Å²) in [7, 11) is -0.382. The molecule has 150 valence electrons. The van der Waals surface area contributed by atoms with E-state index in [1.807, 2.05) is 6.07 Å². The molecule has 0 N–H and O–H groups in total. The number of fused-ring (bicyclic) bond motifs is 6. The molecular weight excluding hydrogens is 369 g/mol. The van der Waals surface area contributed by atoms with Gasteiger partial charge in [0.05, 0.1) is 22.8 Å². The summed E-state index contributed by atoms with van der Waals surface area (Å²) in [5.74, 6) is 0. The third kappa shape index (κ3) is 2.81. The molecular formula is C21H24BN3O4. The number of nitro groups is 1. The van der Waals surface area contributed by atoms with Crippen LogP contribution in [0.5, 0.6) is 0 Å². The maximum Gasteiger partial charge on any atom is 0.494 e. The van der Waals surface area contributed by atoms with Crippen LogP contribution in [0.4, 0.5) is 17.1 Å². The quantitative estimate of drug-likeness (QED) is 0.444. The predicted molar refractivity (Wildman–Crippen MR) is 112 cm³/mol. The van der Waals surface area contributed by atoms with Gasteiger partial charge >= 0.3 is 7.12 Å². The molecule has 1 fully saturated rings. The lowest BCUT2D eigenvalue weighted by Crippen LogP contribution is -2.47. The number of rotatable bonds is 2. The van der Waals surface area contributed by atoms with Crippen molar-refractivity contribution in [2.75, 3.05) is 16.5 Å². The number of anilines is 2. The molecule has 3 heterocycles. The third-order valence-corrected chi connectivity index (χ3v) is 6.65. The Hall–Kier alpha value is -2.58. The van der Waals surface area contributed by atoms with Crippen LogP contribution in [0.2, 0.25) is 0 Å². The maximum atomic E-state index is 11.1. The summed E-state index contributed by atoms with van der Waals surface area (Å²) in [5.41, 5.74) is 4.86. The van der Waals surface area contributed by atoms with Gasteiger partial charge in [-0.05, 0) is 50.9 Å². The highest BCUT2D eigenvalue weighted by Gasteiger charge is 2.51. The first-order chi connectivity index (χ1) is 13.6. The fourth-order valence-corrected chi connectivity index (χ4v) is 4.33. The summed E-state index contributed by atoms with van der Waals surface area (Å²) >= 11 is 0. The van der Waals surface area contributed by atoms with Crippen LogP contribution in [-0.2, 0) is 22.4 Å². The fourth-order valence-electron chi connectivity index (χ4n) is 4.33.